The number of carbonyl (C=O) groups is 2. The lowest BCUT2D eigenvalue weighted by molar-refractivity contribution is -0.137. The number of nitrogens with one attached hydrogen (secondary N) is 1. The average molecular weight is 501 g/mol. The molecule has 1 N–H and O–H groups in total. The lowest BCUT2D eigenvalue weighted by Crippen LogP contribution is -2.52. The molecule has 0 radical (unpaired) electrons. The van der Waals surface area contributed by atoms with Gasteiger partial charge in [0.25, 0.3) is 0 Å². The molecule has 1 aliphatic rings. The van der Waals surface area contributed by atoms with Crippen molar-refractivity contribution in [1.29, 1.82) is 0 Å². The summed E-state index contributed by atoms with van der Waals surface area (Å²) in [4.78, 5) is 31.6. The van der Waals surface area contributed by atoms with Crippen molar-refractivity contribution in [2.75, 3.05) is 49.5 Å². The van der Waals surface area contributed by atoms with E-state index in [0.29, 0.717) is 50.6 Å². The van der Waals surface area contributed by atoms with E-state index in [2.05, 4.69) is 10.2 Å². The second-order valence-electron chi connectivity index (χ2n) is 9.16. The quantitative estimate of drug-likeness (QED) is 0.495. The van der Waals surface area contributed by atoms with Gasteiger partial charge in [0.2, 0.25) is 11.8 Å². The third-order valence-corrected chi connectivity index (χ3v) is 7.09. The van der Waals surface area contributed by atoms with Crippen LogP contribution in [-0.2, 0) is 9.59 Å². The molecule has 2 aromatic carbocycles. The topological polar surface area (TPSA) is 55.9 Å². The monoisotopic (exact) mass is 500 g/mol. The zero-order valence-corrected chi connectivity index (χ0v) is 21.8. The molecule has 1 unspecified atom stereocenters. The van der Waals surface area contributed by atoms with Crippen LogP contribution >= 0.6 is 0 Å². The highest BCUT2D eigenvalue weighted by Gasteiger charge is 2.33. The molecule has 1 saturated heterocycles. The summed E-state index contributed by atoms with van der Waals surface area (Å²) in [5.41, 5.74) is 1.68. The molecule has 0 aromatic heterocycles. The lowest BCUT2D eigenvalue weighted by Gasteiger charge is -2.41. The highest BCUT2D eigenvalue weighted by atomic mass is 19.1. The van der Waals surface area contributed by atoms with Crippen LogP contribution in [0.15, 0.2) is 42.5 Å². The van der Waals surface area contributed by atoms with Gasteiger partial charge in [-0.05, 0) is 62.6 Å². The predicted octanol–water partition coefficient (Wildman–Crippen LogP) is 5.07. The summed E-state index contributed by atoms with van der Waals surface area (Å²) in [6, 6.07) is 10.4. The van der Waals surface area contributed by atoms with Crippen LogP contribution in [0.2, 0.25) is 0 Å². The summed E-state index contributed by atoms with van der Waals surface area (Å²) in [5.74, 6) is -0.920. The van der Waals surface area contributed by atoms with E-state index in [1.807, 2.05) is 32.6 Å². The zero-order chi connectivity index (χ0) is 26.2. The van der Waals surface area contributed by atoms with Crippen molar-refractivity contribution in [3.63, 3.8) is 0 Å². The molecular formula is C28H38F2N4O2. The molecule has 0 aliphatic carbocycles. The highest BCUT2D eigenvalue weighted by molar-refractivity contribution is 5.92. The first kappa shape index (κ1) is 27.6. The molecule has 1 atom stereocenters. The fraction of sp³-hybridized carbons (Fsp3) is 0.500. The molecule has 0 bridgehead atoms. The van der Waals surface area contributed by atoms with E-state index in [4.69, 9.17) is 0 Å². The third-order valence-electron chi connectivity index (χ3n) is 7.09. The molecule has 196 valence electrons. The number of nitrogens with zero attached hydrogens (tertiary/aromatic N) is 3. The van der Waals surface area contributed by atoms with Crippen molar-refractivity contribution in [3.05, 3.63) is 59.7 Å². The van der Waals surface area contributed by atoms with Gasteiger partial charge in [-0.3, -0.25) is 14.5 Å². The number of piperazine rings is 1. The molecule has 36 heavy (non-hydrogen) atoms. The Hall–Kier alpha value is -3.00. The van der Waals surface area contributed by atoms with Crippen LogP contribution in [0.5, 0.6) is 0 Å². The van der Waals surface area contributed by atoms with Gasteiger partial charge in [-0.15, -0.1) is 0 Å². The standard InChI is InChI=1S/C28H38F2N4O2/c1-5-20(6-2)27(35)31-23-13-14-25(24(30)19-23)33-15-17-34(18-16-33)26(28(36)32(7-3)8-4)21-9-11-22(29)12-10-21/h9-14,19-20,26H,5-8,15-18H2,1-4H3,(H,31,35). The minimum absolute atomic E-state index is 0.0104. The molecule has 1 aliphatic heterocycles. The van der Waals surface area contributed by atoms with Crippen molar-refractivity contribution >= 4 is 23.2 Å². The molecule has 1 fully saturated rings. The molecule has 6 nitrogen and oxygen atoms in total. The number of benzene rings is 2. The predicted molar refractivity (Wildman–Crippen MR) is 140 cm³/mol. The van der Waals surface area contributed by atoms with E-state index in [1.54, 1.807) is 29.2 Å². The van der Waals surface area contributed by atoms with Crippen molar-refractivity contribution in [1.82, 2.24) is 9.80 Å². The molecule has 2 amide bonds. The Morgan fingerprint density at radius 3 is 2.06 bits per heavy atom. The second kappa shape index (κ2) is 12.8. The minimum Gasteiger partial charge on any atom is -0.367 e. The number of likely N-dealkylation sites (N-methyl/N-ethyl adjacent to an activating group) is 1. The highest BCUT2D eigenvalue weighted by Crippen LogP contribution is 2.29. The van der Waals surface area contributed by atoms with Crippen LogP contribution < -0.4 is 10.2 Å². The largest absolute Gasteiger partial charge is 0.367 e. The van der Waals surface area contributed by atoms with Gasteiger partial charge in [-0.2, -0.15) is 0 Å². The van der Waals surface area contributed by atoms with Gasteiger partial charge in [0.05, 0.1) is 5.69 Å². The van der Waals surface area contributed by atoms with Crippen LogP contribution in [0.4, 0.5) is 20.2 Å². The molecule has 8 heteroatoms. The van der Waals surface area contributed by atoms with Gasteiger partial charge >= 0.3 is 0 Å². The summed E-state index contributed by atoms with van der Waals surface area (Å²) in [5, 5.41) is 2.82. The van der Waals surface area contributed by atoms with Crippen molar-refractivity contribution < 1.29 is 18.4 Å². The molecule has 2 aromatic rings. The number of rotatable bonds is 10. The third kappa shape index (κ3) is 6.40. The number of anilines is 2. The molecular weight excluding hydrogens is 462 g/mol. The number of carbonyl (C=O) groups excluding carboxylic acids is 2. The minimum atomic E-state index is -0.514. The first-order valence-electron chi connectivity index (χ1n) is 13.0. The SMILES string of the molecule is CCC(CC)C(=O)Nc1ccc(N2CCN(C(C(=O)N(CC)CC)c3ccc(F)cc3)CC2)c(F)c1. The maximum Gasteiger partial charge on any atom is 0.244 e. The van der Waals surface area contributed by atoms with Crippen molar-refractivity contribution in [3.8, 4) is 0 Å². The van der Waals surface area contributed by atoms with Crippen LogP contribution in [0.1, 0.15) is 52.1 Å². The maximum absolute atomic E-state index is 15.0. The van der Waals surface area contributed by atoms with E-state index in [9.17, 15) is 14.0 Å². The summed E-state index contributed by atoms with van der Waals surface area (Å²) in [6.45, 7) is 11.2. The summed E-state index contributed by atoms with van der Waals surface area (Å²) < 4.78 is 28.6. The smallest absolute Gasteiger partial charge is 0.244 e. The molecule has 0 spiro atoms. The first-order chi connectivity index (χ1) is 17.3. The molecule has 0 saturated carbocycles. The summed E-state index contributed by atoms with van der Waals surface area (Å²) in [6.07, 6.45) is 1.48. The first-order valence-corrected chi connectivity index (χ1v) is 13.0. The van der Waals surface area contributed by atoms with E-state index >= 15 is 4.39 Å². The van der Waals surface area contributed by atoms with E-state index in [-0.39, 0.29) is 29.4 Å². The van der Waals surface area contributed by atoms with Gasteiger partial charge in [0, 0.05) is 50.9 Å². The fourth-order valence-corrected chi connectivity index (χ4v) is 4.83. The molecule has 1 heterocycles. The summed E-state index contributed by atoms with van der Waals surface area (Å²) in [7, 11) is 0. The van der Waals surface area contributed by atoms with Gasteiger partial charge in [0.1, 0.15) is 17.7 Å². The Bertz CT molecular complexity index is 1010. The molecule has 3 rings (SSSR count). The Balaban J connectivity index is 1.72. The zero-order valence-electron chi connectivity index (χ0n) is 21.8. The van der Waals surface area contributed by atoms with E-state index in [1.165, 1.54) is 18.2 Å². The number of halogens is 2. The Morgan fingerprint density at radius 1 is 0.917 bits per heavy atom. The van der Waals surface area contributed by atoms with Gasteiger partial charge in [-0.25, -0.2) is 8.78 Å². The van der Waals surface area contributed by atoms with Crippen LogP contribution in [-0.4, -0.2) is 60.9 Å². The van der Waals surface area contributed by atoms with Crippen LogP contribution in [0, 0.1) is 17.6 Å². The fourth-order valence-electron chi connectivity index (χ4n) is 4.83. The van der Waals surface area contributed by atoms with Crippen LogP contribution in [0.3, 0.4) is 0 Å². The number of hydrogen-bond acceptors (Lipinski definition) is 4. The van der Waals surface area contributed by atoms with Gasteiger partial charge in [-0.1, -0.05) is 26.0 Å². The van der Waals surface area contributed by atoms with Crippen LogP contribution in [0.25, 0.3) is 0 Å². The second-order valence-corrected chi connectivity index (χ2v) is 9.16. The van der Waals surface area contributed by atoms with Gasteiger partial charge in [0.15, 0.2) is 0 Å². The Morgan fingerprint density at radius 2 is 1.53 bits per heavy atom. The number of hydrogen-bond donors (Lipinski definition) is 1. The maximum atomic E-state index is 15.0. The van der Waals surface area contributed by atoms with Gasteiger partial charge < -0.3 is 15.1 Å². The normalized spacial score (nSPS) is 15.1. The lowest BCUT2D eigenvalue weighted by atomic mass is 10.0. The van der Waals surface area contributed by atoms with Crippen molar-refractivity contribution in [2.24, 2.45) is 5.92 Å². The van der Waals surface area contributed by atoms with E-state index in [0.717, 1.165) is 18.4 Å². The van der Waals surface area contributed by atoms with E-state index < -0.39 is 6.04 Å². The van der Waals surface area contributed by atoms with Crippen molar-refractivity contribution in [2.45, 2.75) is 46.6 Å². The number of amides is 2. The Labute approximate surface area is 213 Å². The summed E-state index contributed by atoms with van der Waals surface area (Å²) >= 11 is 0. The average Bonchev–Trinajstić information content (AvgIpc) is 2.87. The Kier molecular flexibility index (Phi) is 9.81.